The molecule has 0 radical (unpaired) electrons. The summed E-state index contributed by atoms with van der Waals surface area (Å²) in [6.45, 7) is 7.52. The molecule has 4 heteroatoms. The molecule has 0 aliphatic rings. The second-order valence-electron chi connectivity index (χ2n) is 4.65. The SMILES string of the molecule is CCCn1cc(C(O)C(C)(CC)CN)cn1. The van der Waals surface area contributed by atoms with Crippen LogP contribution in [-0.4, -0.2) is 21.4 Å². The zero-order valence-electron chi connectivity index (χ0n) is 10.5. The minimum Gasteiger partial charge on any atom is -0.388 e. The van der Waals surface area contributed by atoms with E-state index in [4.69, 9.17) is 5.73 Å². The van der Waals surface area contributed by atoms with Gasteiger partial charge in [0.05, 0.1) is 12.3 Å². The van der Waals surface area contributed by atoms with E-state index in [1.165, 1.54) is 0 Å². The Morgan fingerprint density at radius 3 is 2.75 bits per heavy atom. The van der Waals surface area contributed by atoms with Crippen LogP contribution in [0.5, 0.6) is 0 Å². The summed E-state index contributed by atoms with van der Waals surface area (Å²) >= 11 is 0. The van der Waals surface area contributed by atoms with E-state index in [9.17, 15) is 5.11 Å². The van der Waals surface area contributed by atoms with Gasteiger partial charge in [0.1, 0.15) is 0 Å². The molecule has 92 valence electrons. The molecule has 2 atom stereocenters. The molecule has 0 saturated heterocycles. The lowest BCUT2D eigenvalue weighted by Gasteiger charge is -2.31. The van der Waals surface area contributed by atoms with Crippen molar-refractivity contribution in [3.8, 4) is 0 Å². The first-order chi connectivity index (χ1) is 7.57. The Labute approximate surface area is 97.5 Å². The summed E-state index contributed by atoms with van der Waals surface area (Å²) < 4.78 is 1.87. The molecule has 1 rings (SSSR count). The first kappa shape index (κ1) is 13.2. The lowest BCUT2D eigenvalue weighted by Crippen LogP contribution is -2.33. The fourth-order valence-corrected chi connectivity index (χ4v) is 1.72. The van der Waals surface area contributed by atoms with Crippen molar-refractivity contribution in [2.24, 2.45) is 11.1 Å². The van der Waals surface area contributed by atoms with Gasteiger partial charge in [0.25, 0.3) is 0 Å². The Hall–Kier alpha value is -0.870. The highest BCUT2D eigenvalue weighted by atomic mass is 16.3. The van der Waals surface area contributed by atoms with Crippen LogP contribution in [0.2, 0.25) is 0 Å². The molecule has 0 aliphatic heterocycles. The summed E-state index contributed by atoms with van der Waals surface area (Å²) in [6, 6.07) is 0. The normalized spacial score (nSPS) is 17.1. The molecule has 4 nitrogen and oxygen atoms in total. The van der Waals surface area contributed by atoms with Crippen LogP contribution in [0, 0.1) is 5.41 Å². The third-order valence-corrected chi connectivity index (χ3v) is 3.36. The molecule has 1 aromatic heterocycles. The molecule has 0 aliphatic carbocycles. The van der Waals surface area contributed by atoms with Gasteiger partial charge in [-0.05, 0) is 12.8 Å². The van der Waals surface area contributed by atoms with Crippen LogP contribution in [0.3, 0.4) is 0 Å². The van der Waals surface area contributed by atoms with Crippen LogP contribution in [-0.2, 0) is 6.54 Å². The van der Waals surface area contributed by atoms with Gasteiger partial charge >= 0.3 is 0 Å². The Morgan fingerprint density at radius 1 is 1.56 bits per heavy atom. The van der Waals surface area contributed by atoms with Gasteiger partial charge in [0, 0.05) is 30.3 Å². The zero-order valence-corrected chi connectivity index (χ0v) is 10.5. The van der Waals surface area contributed by atoms with Crippen molar-refractivity contribution in [3.05, 3.63) is 18.0 Å². The lowest BCUT2D eigenvalue weighted by atomic mass is 9.79. The molecule has 0 fully saturated rings. The topological polar surface area (TPSA) is 64.1 Å². The van der Waals surface area contributed by atoms with Gasteiger partial charge in [-0.25, -0.2) is 0 Å². The number of hydrogen-bond acceptors (Lipinski definition) is 3. The van der Waals surface area contributed by atoms with Gasteiger partial charge in [0.15, 0.2) is 0 Å². The second-order valence-corrected chi connectivity index (χ2v) is 4.65. The molecule has 0 saturated carbocycles. The number of nitrogens with zero attached hydrogens (tertiary/aromatic N) is 2. The summed E-state index contributed by atoms with van der Waals surface area (Å²) in [5, 5.41) is 14.5. The van der Waals surface area contributed by atoms with Crippen LogP contribution in [0.1, 0.15) is 45.3 Å². The summed E-state index contributed by atoms with van der Waals surface area (Å²) in [5.41, 5.74) is 6.33. The Bertz CT molecular complexity index is 318. The molecular formula is C12H23N3O. The van der Waals surface area contributed by atoms with E-state index >= 15 is 0 Å². The molecule has 0 amide bonds. The first-order valence-electron chi connectivity index (χ1n) is 5.98. The predicted molar refractivity (Wildman–Crippen MR) is 64.9 cm³/mol. The van der Waals surface area contributed by atoms with E-state index < -0.39 is 6.10 Å². The minimum absolute atomic E-state index is 0.264. The van der Waals surface area contributed by atoms with E-state index in [0.717, 1.165) is 24.9 Å². The van der Waals surface area contributed by atoms with E-state index in [1.807, 2.05) is 24.7 Å². The van der Waals surface area contributed by atoms with Crippen molar-refractivity contribution in [1.29, 1.82) is 0 Å². The molecule has 0 spiro atoms. The standard InChI is InChI=1S/C12H23N3O/c1-4-6-15-8-10(7-14-15)11(16)12(3,5-2)9-13/h7-8,11,16H,4-6,9,13H2,1-3H3. The molecule has 1 aromatic rings. The van der Waals surface area contributed by atoms with E-state index in [1.54, 1.807) is 6.20 Å². The van der Waals surface area contributed by atoms with Crippen molar-refractivity contribution < 1.29 is 5.11 Å². The minimum atomic E-state index is -0.534. The maximum absolute atomic E-state index is 10.3. The first-order valence-corrected chi connectivity index (χ1v) is 5.98. The van der Waals surface area contributed by atoms with Crippen molar-refractivity contribution in [2.75, 3.05) is 6.54 Å². The van der Waals surface area contributed by atoms with Gasteiger partial charge in [0.2, 0.25) is 0 Å². The van der Waals surface area contributed by atoms with Crippen LogP contribution in [0.15, 0.2) is 12.4 Å². The van der Waals surface area contributed by atoms with Crippen LogP contribution in [0.25, 0.3) is 0 Å². The highest BCUT2D eigenvalue weighted by Gasteiger charge is 2.31. The average Bonchev–Trinajstić information content (AvgIpc) is 2.76. The number of hydrogen-bond donors (Lipinski definition) is 2. The van der Waals surface area contributed by atoms with Gasteiger partial charge in [-0.1, -0.05) is 20.8 Å². The number of aliphatic hydroxyl groups is 1. The maximum atomic E-state index is 10.3. The smallest absolute Gasteiger partial charge is 0.0885 e. The van der Waals surface area contributed by atoms with Gasteiger partial charge < -0.3 is 10.8 Å². The number of aryl methyl sites for hydroxylation is 1. The molecular weight excluding hydrogens is 202 g/mol. The van der Waals surface area contributed by atoms with Crippen molar-refractivity contribution in [2.45, 2.75) is 46.3 Å². The Morgan fingerprint density at radius 2 is 2.25 bits per heavy atom. The quantitative estimate of drug-likeness (QED) is 0.774. The lowest BCUT2D eigenvalue weighted by molar-refractivity contribution is 0.0391. The second kappa shape index (κ2) is 5.46. The summed E-state index contributed by atoms with van der Waals surface area (Å²) in [7, 11) is 0. The molecule has 0 bridgehead atoms. The third-order valence-electron chi connectivity index (χ3n) is 3.36. The number of rotatable bonds is 6. The average molecular weight is 225 g/mol. The van der Waals surface area contributed by atoms with Gasteiger partial charge in [-0.15, -0.1) is 0 Å². The van der Waals surface area contributed by atoms with Gasteiger partial charge in [-0.2, -0.15) is 5.10 Å². The Balaban J connectivity index is 2.82. The van der Waals surface area contributed by atoms with Crippen molar-refractivity contribution >= 4 is 0 Å². The number of nitrogens with two attached hydrogens (primary N) is 1. The van der Waals surface area contributed by atoms with Gasteiger partial charge in [-0.3, -0.25) is 4.68 Å². The third kappa shape index (κ3) is 2.62. The number of aromatic nitrogens is 2. The highest BCUT2D eigenvalue weighted by molar-refractivity contribution is 5.12. The molecule has 2 unspecified atom stereocenters. The predicted octanol–water partition coefficient (Wildman–Crippen LogP) is 1.70. The van der Waals surface area contributed by atoms with Crippen LogP contribution < -0.4 is 5.73 Å². The van der Waals surface area contributed by atoms with Crippen LogP contribution >= 0.6 is 0 Å². The molecule has 1 heterocycles. The van der Waals surface area contributed by atoms with E-state index in [0.29, 0.717) is 6.54 Å². The monoisotopic (exact) mass is 225 g/mol. The Kier molecular flexibility index (Phi) is 4.50. The summed E-state index contributed by atoms with van der Waals surface area (Å²) in [5.74, 6) is 0. The van der Waals surface area contributed by atoms with Crippen molar-refractivity contribution in [1.82, 2.24) is 9.78 Å². The largest absolute Gasteiger partial charge is 0.388 e. The highest BCUT2D eigenvalue weighted by Crippen LogP contribution is 2.35. The summed E-state index contributed by atoms with van der Waals surface area (Å²) in [4.78, 5) is 0. The van der Waals surface area contributed by atoms with E-state index in [-0.39, 0.29) is 5.41 Å². The fourth-order valence-electron chi connectivity index (χ4n) is 1.72. The fraction of sp³-hybridized carbons (Fsp3) is 0.750. The maximum Gasteiger partial charge on any atom is 0.0885 e. The molecule has 0 aromatic carbocycles. The zero-order chi connectivity index (χ0) is 12.2. The van der Waals surface area contributed by atoms with E-state index in [2.05, 4.69) is 12.0 Å². The number of aliphatic hydroxyl groups excluding tert-OH is 1. The summed E-state index contributed by atoms with van der Waals surface area (Å²) in [6.07, 6.45) is 5.01. The molecule has 16 heavy (non-hydrogen) atoms. The van der Waals surface area contributed by atoms with Crippen molar-refractivity contribution in [3.63, 3.8) is 0 Å². The molecule has 3 N–H and O–H groups in total. The van der Waals surface area contributed by atoms with Crippen LogP contribution in [0.4, 0.5) is 0 Å².